The Morgan fingerprint density at radius 3 is 1.55 bits per heavy atom. The Morgan fingerprint density at radius 1 is 0.816 bits per heavy atom. The number of allylic oxidation sites excluding steroid dienone is 2. The lowest BCUT2D eigenvalue weighted by atomic mass is 9.92. The number of rotatable bonds is 10. The average molecular weight is 569 g/mol. The lowest BCUT2D eigenvalue weighted by Gasteiger charge is -2.24. The van der Waals surface area contributed by atoms with Gasteiger partial charge in [-0.15, -0.1) is 9.32 Å². The number of anilines is 2. The molecular formula is C24H32N4O8S2. The third kappa shape index (κ3) is 9.48. The van der Waals surface area contributed by atoms with E-state index < -0.39 is 22.0 Å². The molecule has 0 amide bonds. The summed E-state index contributed by atoms with van der Waals surface area (Å²) in [7, 11) is -3.89. The van der Waals surface area contributed by atoms with Crippen LogP contribution in [-0.4, -0.2) is 30.6 Å². The first-order valence-electron chi connectivity index (χ1n) is 11.5. The van der Waals surface area contributed by atoms with Gasteiger partial charge in [-0.3, -0.25) is 0 Å². The first-order valence-corrected chi connectivity index (χ1v) is 13.7. The van der Waals surface area contributed by atoms with Crippen molar-refractivity contribution < 1.29 is 37.5 Å². The molecule has 0 saturated carbocycles. The maximum Gasteiger partial charge on any atom is 0.333 e. The Bertz CT molecular complexity index is 1260. The van der Waals surface area contributed by atoms with Gasteiger partial charge < -0.3 is 20.8 Å². The lowest BCUT2D eigenvalue weighted by Crippen LogP contribution is -2.23. The molecule has 0 heterocycles. The molecule has 0 saturated heterocycles. The Hall–Kier alpha value is -3.40. The summed E-state index contributed by atoms with van der Waals surface area (Å²) in [4.78, 5) is 28.4. The van der Waals surface area contributed by atoms with E-state index in [-0.39, 0.29) is 40.3 Å². The molecule has 0 atom stereocenters. The fraction of sp³-hybridized carbons (Fsp3) is 0.250. The zero-order valence-electron chi connectivity index (χ0n) is 21.3. The zero-order chi connectivity index (χ0) is 28.9. The van der Waals surface area contributed by atoms with E-state index in [1.54, 1.807) is 24.3 Å². The molecule has 208 valence electrons. The van der Waals surface area contributed by atoms with E-state index in [2.05, 4.69) is 20.0 Å². The van der Waals surface area contributed by atoms with Crippen molar-refractivity contribution in [2.45, 2.75) is 50.3 Å². The van der Waals surface area contributed by atoms with Crippen LogP contribution in [0.15, 0.2) is 80.9 Å². The summed E-state index contributed by atoms with van der Waals surface area (Å²) in [5, 5.41) is 30.4. The molecule has 0 aromatic heterocycles. The van der Waals surface area contributed by atoms with Gasteiger partial charge in [-0.25, -0.2) is 23.1 Å². The van der Waals surface area contributed by atoms with Crippen LogP contribution in [0.25, 0.3) is 0 Å². The number of carboxylic acid groups (broad SMARTS) is 2. The molecule has 14 heteroatoms. The highest BCUT2D eigenvalue weighted by molar-refractivity contribution is 7.94. The molecule has 1 aliphatic rings. The van der Waals surface area contributed by atoms with Gasteiger partial charge in [-0.05, 0) is 48.5 Å². The van der Waals surface area contributed by atoms with Crippen molar-refractivity contribution >= 4 is 45.4 Å². The summed E-state index contributed by atoms with van der Waals surface area (Å²) < 4.78 is 27.4. The number of hydrogen-bond acceptors (Lipinski definition) is 10. The molecular weight excluding hydrogens is 536 g/mol. The van der Waals surface area contributed by atoms with Crippen LogP contribution < -0.4 is 21.7 Å². The number of nitrogens with one attached hydrogen (secondary N) is 2. The second-order valence-corrected chi connectivity index (χ2v) is 9.31. The Kier molecular flexibility index (Phi) is 13.5. The first kappa shape index (κ1) is 32.6. The minimum absolute atomic E-state index is 0.0213. The second kappa shape index (κ2) is 15.8. The van der Waals surface area contributed by atoms with E-state index in [4.69, 9.17) is 11.0 Å². The lowest BCUT2D eigenvalue weighted by molar-refractivity contribution is -0.195. The molecule has 0 radical (unpaired) electrons. The average Bonchev–Trinajstić information content (AvgIpc) is 2.90. The number of carbonyl (C=O) groups is 2. The van der Waals surface area contributed by atoms with Crippen molar-refractivity contribution in [3.05, 3.63) is 71.1 Å². The molecule has 0 fully saturated rings. The SMILES string of the molecule is CC.CC.NOOSc1ccc(NC2=C(C(=O)O)CC(Nc3ccc(S(N)(=O)=O)cc3)=C(C(=O)O)C2)cc1. The molecule has 8 N–H and O–H groups in total. The highest BCUT2D eigenvalue weighted by Crippen LogP contribution is 2.33. The summed E-state index contributed by atoms with van der Waals surface area (Å²) in [6, 6.07) is 12.0. The first-order chi connectivity index (χ1) is 18.1. The predicted molar refractivity (Wildman–Crippen MR) is 145 cm³/mol. The number of nitrogens with two attached hydrogens (primary N) is 2. The molecule has 3 rings (SSSR count). The number of hydrogen-bond donors (Lipinski definition) is 6. The quantitative estimate of drug-likeness (QED) is 0.135. The van der Waals surface area contributed by atoms with E-state index in [0.29, 0.717) is 16.3 Å². The Labute approximate surface area is 225 Å². The van der Waals surface area contributed by atoms with Crippen LogP contribution in [0, 0.1) is 0 Å². The second-order valence-electron chi connectivity index (χ2n) is 6.97. The van der Waals surface area contributed by atoms with Crippen LogP contribution in [0.2, 0.25) is 0 Å². The fourth-order valence-corrected chi connectivity index (χ4v) is 4.04. The summed E-state index contributed by atoms with van der Waals surface area (Å²) in [5.41, 5.74) is 1.24. The number of sulfonamides is 1. The van der Waals surface area contributed by atoms with Crippen LogP contribution in [0.5, 0.6) is 0 Å². The van der Waals surface area contributed by atoms with E-state index >= 15 is 0 Å². The van der Waals surface area contributed by atoms with Crippen LogP contribution in [0.4, 0.5) is 11.4 Å². The summed E-state index contributed by atoms with van der Waals surface area (Å²) in [6.45, 7) is 8.00. The third-order valence-corrected chi connectivity index (χ3v) is 6.29. The van der Waals surface area contributed by atoms with Crippen molar-refractivity contribution in [2.24, 2.45) is 11.0 Å². The number of primary sulfonamides is 1. The van der Waals surface area contributed by atoms with E-state index in [9.17, 15) is 28.2 Å². The van der Waals surface area contributed by atoms with Gasteiger partial charge in [0, 0.05) is 40.5 Å². The zero-order valence-corrected chi connectivity index (χ0v) is 23.0. The molecule has 1 aliphatic carbocycles. The van der Waals surface area contributed by atoms with E-state index in [1.807, 2.05) is 27.7 Å². The maximum absolute atomic E-state index is 11.9. The van der Waals surface area contributed by atoms with Crippen LogP contribution in [0.3, 0.4) is 0 Å². The highest BCUT2D eigenvalue weighted by Gasteiger charge is 2.28. The summed E-state index contributed by atoms with van der Waals surface area (Å²) in [5.74, 6) is 2.36. The Morgan fingerprint density at radius 2 is 1.21 bits per heavy atom. The van der Waals surface area contributed by atoms with Crippen LogP contribution in [-0.2, 0) is 28.9 Å². The molecule has 38 heavy (non-hydrogen) atoms. The summed E-state index contributed by atoms with van der Waals surface area (Å²) in [6.07, 6.45) is -0.388. The third-order valence-electron chi connectivity index (χ3n) is 4.75. The smallest absolute Gasteiger partial charge is 0.333 e. The molecule has 0 unspecified atom stereocenters. The van der Waals surface area contributed by atoms with Gasteiger partial charge in [0.05, 0.1) is 28.1 Å². The minimum atomic E-state index is -3.89. The van der Waals surface area contributed by atoms with Gasteiger partial charge in [0.1, 0.15) is 0 Å². The molecule has 12 nitrogen and oxygen atoms in total. The fourth-order valence-electron chi connectivity index (χ4n) is 3.16. The van der Waals surface area contributed by atoms with Crippen molar-refractivity contribution in [1.29, 1.82) is 0 Å². The minimum Gasteiger partial charge on any atom is -0.478 e. The largest absolute Gasteiger partial charge is 0.478 e. The normalized spacial score (nSPS) is 13.0. The van der Waals surface area contributed by atoms with Crippen molar-refractivity contribution in [3.63, 3.8) is 0 Å². The summed E-state index contributed by atoms with van der Waals surface area (Å²) >= 11 is 0.873. The molecule has 0 spiro atoms. The Balaban J connectivity index is 0.00000172. The molecule has 0 aliphatic heterocycles. The number of benzene rings is 2. The standard InChI is InChI=1S/C20H20N4O8S2.2C2H6/c21-31-32-33-13-5-1-11(2-6-13)23-17-9-16(20(27)28)18(10-15(17)19(25)26)24-12-3-7-14(8-4-12)34(22,29)30;2*1-2/h1-8,23-24H,9-10,21H2,(H,25,26)(H,27,28)(H2,22,29,30);2*1-2H3. The maximum atomic E-state index is 11.9. The molecule has 2 aromatic carbocycles. The topological polar surface area (TPSA) is 203 Å². The number of aliphatic carboxylic acids is 2. The van der Waals surface area contributed by atoms with Crippen LogP contribution in [0.1, 0.15) is 40.5 Å². The van der Waals surface area contributed by atoms with Gasteiger partial charge in [0.2, 0.25) is 10.0 Å². The molecule has 2 aromatic rings. The van der Waals surface area contributed by atoms with Crippen LogP contribution >= 0.6 is 12.0 Å². The van der Waals surface area contributed by atoms with Gasteiger partial charge in [-0.2, -0.15) is 5.90 Å². The van der Waals surface area contributed by atoms with Crippen molar-refractivity contribution in [3.8, 4) is 0 Å². The van der Waals surface area contributed by atoms with Gasteiger partial charge in [-0.1, -0.05) is 27.7 Å². The monoisotopic (exact) mass is 568 g/mol. The number of carboxylic acids is 2. The van der Waals surface area contributed by atoms with E-state index in [1.165, 1.54) is 24.3 Å². The highest BCUT2D eigenvalue weighted by atomic mass is 32.2. The van der Waals surface area contributed by atoms with Gasteiger partial charge in [0.25, 0.3) is 0 Å². The molecule has 0 bridgehead atoms. The van der Waals surface area contributed by atoms with Gasteiger partial charge in [0.15, 0.2) is 0 Å². The van der Waals surface area contributed by atoms with Crippen molar-refractivity contribution in [1.82, 2.24) is 0 Å². The van der Waals surface area contributed by atoms with Crippen molar-refractivity contribution in [2.75, 3.05) is 10.6 Å². The predicted octanol–water partition coefficient (Wildman–Crippen LogP) is 4.21. The van der Waals surface area contributed by atoms with E-state index in [0.717, 1.165) is 12.0 Å². The van der Waals surface area contributed by atoms with Gasteiger partial charge >= 0.3 is 11.9 Å².